The molecule has 0 unspecified atom stereocenters. The predicted molar refractivity (Wildman–Crippen MR) is 76.3 cm³/mol. The monoisotopic (exact) mass is 265 g/mol. The molecule has 0 amide bonds. The van der Waals surface area contributed by atoms with Crippen molar-refractivity contribution >= 4 is 0 Å². The highest BCUT2D eigenvalue weighted by atomic mass is 16.1. The zero-order valence-corrected chi connectivity index (χ0v) is 11.4. The van der Waals surface area contributed by atoms with E-state index in [-0.39, 0.29) is 5.69 Å². The molecule has 1 heterocycles. The van der Waals surface area contributed by atoms with Crippen LogP contribution in [-0.2, 0) is 19.9 Å². The Balaban J connectivity index is 2.16. The average molecular weight is 265 g/mol. The molecule has 3 rings (SSSR count). The molecular formula is C16H15N3O. The van der Waals surface area contributed by atoms with E-state index in [0.29, 0.717) is 11.3 Å². The number of nitriles is 1. The zero-order valence-electron chi connectivity index (χ0n) is 11.4. The van der Waals surface area contributed by atoms with Crippen molar-refractivity contribution in [3.8, 4) is 17.3 Å². The number of nitrogens with zero attached hydrogens (tertiary/aromatic N) is 3. The van der Waals surface area contributed by atoms with Crippen LogP contribution in [0.25, 0.3) is 11.3 Å². The summed E-state index contributed by atoms with van der Waals surface area (Å²) in [6.07, 6.45) is 6.16. The molecule has 0 radical (unpaired) electrons. The number of fused-ring (bicyclic) bond motifs is 1. The second-order valence-corrected chi connectivity index (χ2v) is 5.20. The minimum atomic E-state index is -0.336. The van der Waals surface area contributed by atoms with Gasteiger partial charge in [-0.15, -0.1) is 0 Å². The number of aromatic nitrogens is 2. The van der Waals surface area contributed by atoms with Gasteiger partial charge >= 0.3 is 5.69 Å². The fourth-order valence-corrected chi connectivity index (χ4v) is 2.73. The molecule has 0 spiro atoms. The maximum atomic E-state index is 11.7. The van der Waals surface area contributed by atoms with E-state index in [9.17, 15) is 10.1 Å². The third kappa shape index (κ3) is 2.12. The van der Waals surface area contributed by atoms with Crippen LogP contribution in [0.3, 0.4) is 0 Å². The lowest BCUT2D eigenvalue weighted by Gasteiger charge is -2.16. The molecule has 20 heavy (non-hydrogen) atoms. The van der Waals surface area contributed by atoms with E-state index in [2.05, 4.69) is 23.2 Å². The van der Waals surface area contributed by atoms with Crippen LogP contribution < -0.4 is 5.69 Å². The van der Waals surface area contributed by atoms with Crippen LogP contribution in [0.4, 0.5) is 0 Å². The van der Waals surface area contributed by atoms with Gasteiger partial charge in [-0.05, 0) is 42.9 Å². The molecule has 4 heteroatoms. The number of aryl methyl sites for hydroxylation is 3. The Morgan fingerprint density at radius 2 is 2.00 bits per heavy atom. The van der Waals surface area contributed by atoms with Gasteiger partial charge in [0.2, 0.25) is 0 Å². The SMILES string of the molecule is Cn1cc(C#N)c(-c2ccc3c(c2)CCCC3)nc1=O. The molecule has 0 N–H and O–H groups in total. The van der Waals surface area contributed by atoms with E-state index in [1.807, 2.05) is 6.07 Å². The van der Waals surface area contributed by atoms with E-state index in [4.69, 9.17) is 0 Å². The molecule has 1 aliphatic rings. The van der Waals surface area contributed by atoms with Crippen molar-refractivity contribution in [2.75, 3.05) is 0 Å². The zero-order chi connectivity index (χ0) is 14.1. The van der Waals surface area contributed by atoms with Crippen molar-refractivity contribution < 1.29 is 0 Å². The molecule has 1 aromatic carbocycles. The lowest BCUT2D eigenvalue weighted by Crippen LogP contribution is -2.21. The first-order valence-corrected chi connectivity index (χ1v) is 6.79. The Morgan fingerprint density at radius 1 is 1.25 bits per heavy atom. The van der Waals surface area contributed by atoms with Crippen molar-refractivity contribution in [1.82, 2.24) is 9.55 Å². The van der Waals surface area contributed by atoms with Gasteiger partial charge in [-0.3, -0.25) is 0 Å². The summed E-state index contributed by atoms with van der Waals surface area (Å²) >= 11 is 0. The van der Waals surface area contributed by atoms with Gasteiger partial charge in [-0.2, -0.15) is 10.2 Å². The van der Waals surface area contributed by atoms with Crippen LogP contribution in [0.5, 0.6) is 0 Å². The van der Waals surface area contributed by atoms with Crippen LogP contribution in [-0.4, -0.2) is 9.55 Å². The highest BCUT2D eigenvalue weighted by molar-refractivity contribution is 5.67. The maximum Gasteiger partial charge on any atom is 0.347 e. The third-order valence-electron chi connectivity index (χ3n) is 3.83. The molecule has 1 aliphatic carbocycles. The Kier molecular flexibility index (Phi) is 3.11. The standard InChI is InChI=1S/C16H15N3O/c1-19-10-14(9-17)15(18-16(19)20)13-7-6-11-4-2-3-5-12(11)8-13/h6-8,10H,2-5H2,1H3. The summed E-state index contributed by atoms with van der Waals surface area (Å²) in [6.45, 7) is 0. The van der Waals surface area contributed by atoms with Crippen LogP contribution in [0.1, 0.15) is 29.5 Å². The second kappa shape index (κ2) is 4.93. The fraction of sp³-hybridized carbons (Fsp3) is 0.312. The third-order valence-corrected chi connectivity index (χ3v) is 3.83. The summed E-state index contributed by atoms with van der Waals surface area (Å²) in [6, 6.07) is 8.27. The van der Waals surface area contributed by atoms with E-state index in [0.717, 1.165) is 18.4 Å². The highest BCUT2D eigenvalue weighted by Crippen LogP contribution is 2.27. The molecule has 2 aromatic rings. The van der Waals surface area contributed by atoms with E-state index < -0.39 is 0 Å². The molecule has 1 aromatic heterocycles. The topological polar surface area (TPSA) is 58.7 Å². The Bertz CT molecular complexity index is 768. The number of benzene rings is 1. The molecule has 0 saturated heterocycles. The molecule has 0 saturated carbocycles. The molecule has 0 atom stereocenters. The van der Waals surface area contributed by atoms with Gasteiger partial charge in [0.1, 0.15) is 6.07 Å². The van der Waals surface area contributed by atoms with Crippen LogP contribution in [0.15, 0.2) is 29.2 Å². The Labute approximate surface area is 117 Å². The van der Waals surface area contributed by atoms with Crippen molar-refractivity contribution in [2.45, 2.75) is 25.7 Å². The number of hydrogen-bond acceptors (Lipinski definition) is 3. The minimum absolute atomic E-state index is 0.336. The quantitative estimate of drug-likeness (QED) is 0.794. The van der Waals surface area contributed by atoms with Gasteiger partial charge in [0.15, 0.2) is 0 Å². The van der Waals surface area contributed by atoms with Crippen LogP contribution in [0.2, 0.25) is 0 Å². The molecule has 0 aliphatic heterocycles. The largest absolute Gasteiger partial charge is 0.347 e. The van der Waals surface area contributed by atoms with E-state index in [1.54, 1.807) is 13.2 Å². The summed E-state index contributed by atoms with van der Waals surface area (Å²) in [5.74, 6) is 0. The summed E-state index contributed by atoms with van der Waals surface area (Å²) in [7, 11) is 1.60. The summed E-state index contributed by atoms with van der Waals surface area (Å²) in [4.78, 5) is 15.8. The first-order valence-electron chi connectivity index (χ1n) is 6.79. The predicted octanol–water partition coefficient (Wildman–Crippen LogP) is 2.20. The van der Waals surface area contributed by atoms with E-state index >= 15 is 0 Å². The van der Waals surface area contributed by atoms with Crippen LogP contribution >= 0.6 is 0 Å². The smallest absolute Gasteiger partial charge is 0.301 e. The van der Waals surface area contributed by atoms with Crippen molar-refractivity contribution in [1.29, 1.82) is 5.26 Å². The fourth-order valence-electron chi connectivity index (χ4n) is 2.73. The number of hydrogen-bond donors (Lipinski definition) is 0. The average Bonchev–Trinajstić information content (AvgIpc) is 2.49. The lowest BCUT2D eigenvalue weighted by molar-refractivity contribution is 0.686. The molecule has 0 bridgehead atoms. The van der Waals surface area contributed by atoms with Crippen molar-refractivity contribution in [3.63, 3.8) is 0 Å². The molecule has 4 nitrogen and oxygen atoms in total. The molecular weight excluding hydrogens is 250 g/mol. The highest BCUT2D eigenvalue weighted by Gasteiger charge is 2.14. The van der Waals surface area contributed by atoms with Gasteiger partial charge in [0.25, 0.3) is 0 Å². The second-order valence-electron chi connectivity index (χ2n) is 5.20. The van der Waals surface area contributed by atoms with Crippen molar-refractivity contribution in [3.05, 3.63) is 51.6 Å². The Hall–Kier alpha value is -2.41. The van der Waals surface area contributed by atoms with Gasteiger partial charge in [0.05, 0.1) is 11.3 Å². The molecule has 100 valence electrons. The number of rotatable bonds is 1. The van der Waals surface area contributed by atoms with E-state index in [1.165, 1.54) is 28.5 Å². The van der Waals surface area contributed by atoms with Crippen molar-refractivity contribution in [2.24, 2.45) is 7.05 Å². The van der Waals surface area contributed by atoms with Gasteiger partial charge < -0.3 is 4.57 Å². The summed E-state index contributed by atoms with van der Waals surface area (Å²) in [5, 5.41) is 9.23. The maximum absolute atomic E-state index is 11.7. The van der Waals surface area contributed by atoms with Gasteiger partial charge in [-0.25, -0.2) is 4.79 Å². The molecule has 0 fully saturated rings. The summed E-state index contributed by atoms with van der Waals surface area (Å²) in [5.41, 5.74) is 4.14. The van der Waals surface area contributed by atoms with Gasteiger partial charge in [-0.1, -0.05) is 12.1 Å². The minimum Gasteiger partial charge on any atom is -0.301 e. The normalized spacial score (nSPS) is 13.6. The Morgan fingerprint density at radius 3 is 2.75 bits per heavy atom. The van der Waals surface area contributed by atoms with Crippen LogP contribution in [0, 0.1) is 11.3 Å². The first kappa shape index (κ1) is 12.6. The van der Waals surface area contributed by atoms with Gasteiger partial charge in [0, 0.05) is 18.8 Å². The lowest BCUT2D eigenvalue weighted by atomic mass is 9.89. The first-order chi connectivity index (χ1) is 9.69. The summed E-state index contributed by atoms with van der Waals surface area (Å²) < 4.78 is 1.33.